The van der Waals surface area contributed by atoms with Crippen molar-refractivity contribution in [3.63, 3.8) is 0 Å². The molecule has 0 heterocycles. The Hall–Kier alpha value is -1.26. The van der Waals surface area contributed by atoms with E-state index in [0.29, 0.717) is 4.31 Å². The van der Waals surface area contributed by atoms with Crippen LogP contribution >= 0.6 is 0 Å². The Morgan fingerprint density at radius 1 is 1.14 bits per heavy atom. The highest BCUT2D eigenvalue weighted by molar-refractivity contribution is 7.92. The second-order valence-electron chi connectivity index (χ2n) is 4.20. The van der Waals surface area contributed by atoms with Crippen molar-refractivity contribution in [3.05, 3.63) is 29.8 Å². The molecule has 1 rings (SSSR count). The highest BCUT2D eigenvalue weighted by Crippen LogP contribution is 2.24. The van der Waals surface area contributed by atoms with Crippen molar-refractivity contribution in [2.45, 2.75) is 6.92 Å². The molecule has 0 aliphatic heterocycles. The minimum absolute atomic E-state index is 0.181. The van der Waals surface area contributed by atoms with Crippen LogP contribution in [0.1, 0.15) is 6.92 Å². The van der Waals surface area contributed by atoms with E-state index in [1.165, 1.54) is 6.92 Å². The minimum atomic E-state index is -3.97. The van der Waals surface area contributed by atoms with Gasteiger partial charge in [-0.15, -0.1) is 0 Å². The predicted octanol–water partition coefficient (Wildman–Crippen LogP) is 0.670. The van der Waals surface area contributed by atoms with E-state index >= 15 is 0 Å². The molecule has 0 spiro atoms. The number of hydrogen-bond acceptors (Lipinski definition) is 4. The molecule has 0 aliphatic rings. The van der Waals surface area contributed by atoms with E-state index in [1.54, 1.807) is 0 Å². The highest BCUT2D eigenvalue weighted by atomic mass is 32.2. The van der Waals surface area contributed by atoms with Crippen molar-refractivity contribution in [2.24, 2.45) is 0 Å². The van der Waals surface area contributed by atoms with E-state index in [4.69, 9.17) is 0 Å². The first kappa shape index (κ1) is 17.8. The lowest BCUT2D eigenvalue weighted by Crippen LogP contribution is -2.39. The van der Waals surface area contributed by atoms with Crippen molar-refractivity contribution in [3.8, 4) is 0 Å². The quantitative estimate of drug-likeness (QED) is 0.789. The maximum atomic E-state index is 13.7. The number of anilines is 1. The van der Waals surface area contributed by atoms with Crippen LogP contribution in [0, 0.1) is 11.6 Å². The van der Waals surface area contributed by atoms with Gasteiger partial charge in [-0.3, -0.25) is 4.31 Å². The summed E-state index contributed by atoms with van der Waals surface area (Å²) in [7, 11) is -7.49. The van der Waals surface area contributed by atoms with Crippen LogP contribution in [0.3, 0.4) is 0 Å². The highest BCUT2D eigenvalue weighted by Gasteiger charge is 2.24. The van der Waals surface area contributed by atoms with E-state index in [9.17, 15) is 25.6 Å². The summed E-state index contributed by atoms with van der Waals surface area (Å²) >= 11 is 0. The standard InChI is InChI=1S/C11H16F2N2O4S2/c1-3-21(18,19)14-7-8-15(20(2,16)17)11-9(12)5-4-6-10(11)13/h4-6,14H,3,7-8H2,1-2H3. The summed E-state index contributed by atoms with van der Waals surface area (Å²) < 4.78 is 75.9. The van der Waals surface area contributed by atoms with Gasteiger partial charge in [0.15, 0.2) is 11.6 Å². The summed E-state index contributed by atoms with van der Waals surface area (Å²) in [4.78, 5) is 0. The van der Waals surface area contributed by atoms with Crippen molar-refractivity contribution >= 4 is 25.7 Å². The predicted molar refractivity (Wildman–Crippen MR) is 76.0 cm³/mol. The number of sulfonamides is 2. The van der Waals surface area contributed by atoms with E-state index in [2.05, 4.69) is 4.72 Å². The topological polar surface area (TPSA) is 83.6 Å². The van der Waals surface area contributed by atoms with Gasteiger partial charge in [0, 0.05) is 13.1 Å². The van der Waals surface area contributed by atoms with Gasteiger partial charge in [-0.25, -0.2) is 30.3 Å². The third-order valence-electron chi connectivity index (χ3n) is 2.60. The number of nitrogens with zero attached hydrogens (tertiary/aromatic N) is 1. The molecule has 10 heteroatoms. The van der Waals surface area contributed by atoms with Crippen LogP contribution in [-0.2, 0) is 20.0 Å². The molecule has 0 saturated carbocycles. The van der Waals surface area contributed by atoms with Gasteiger partial charge in [0.05, 0.1) is 12.0 Å². The van der Waals surface area contributed by atoms with Gasteiger partial charge in [-0.05, 0) is 19.1 Å². The summed E-state index contributed by atoms with van der Waals surface area (Å²) in [5.74, 6) is -2.27. The van der Waals surface area contributed by atoms with Gasteiger partial charge < -0.3 is 0 Å². The van der Waals surface area contributed by atoms with Crippen LogP contribution in [0.15, 0.2) is 18.2 Å². The molecule has 21 heavy (non-hydrogen) atoms. The summed E-state index contributed by atoms with van der Waals surface area (Å²) in [5.41, 5.74) is -0.726. The average molecular weight is 342 g/mol. The smallest absolute Gasteiger partial charge is 0.232 e. The maximum Gasteiger partial charge on any atom is 0.232 e. The second-order valence-corrected chi connectivity index (χ2v) is 8.21. The van der Waals surface area contributed by atoms with Crippen LogP contribution in [-0.4, -0.2) is 41.9 Å². The summed E-state index contributed by atoms with van der Waals surface area (Å²) in [6.45, 7) is 0.695. The zero-order chi connectivity index (χ0) is 16.3. The Morgan fingerprint density at radius 3 is 2.10 bits per heavy atom. The molecule has 0 bridgehead atoms. The molecule has 0 atom stereocenters. The molecule has 1 N–H and O–H groups in total. The number of rotatable bonds is 7. The van der Waals surface area contributed by atoms with Crippen molar-refractivity contribution in [1.82, 2.24) is 4.72 Å². The number of hydrogen-bond donors (Lipinski definition) is 1. The Morgan fingerprint density at radius 2 is 1.67 bits per heavy atom. The monoisotopic (exact) mass is 342 g/mol. The van der Waals surface area contributed by atoms with Gasteiger partial charge in [0.1, 0.15) is 5.69 Å². The van der Waals surface area contributed by atoms with Crippen LogP contribution in [0.25, 0.3) is 0 Å². The Balaban J connectivity index is 3.04. The lowest BCUT2D eigenvalue weighted by atomic mass is 10.3. The van der Waals surface area contributed by atoms with Gasteiger partial charge in [0.25, 0.3) is 0 Å². The molecule has 1 aromatic carbocycles. The largest absolute Gasteiger partial charge is 0.263 e. The zero-order valence-corrected chi connectivity index (χ0v) is 13.1. The summed E-state index contributed by atoms with van der Waals surface area (Å²) in [6, 6.07) is 2.95. The van der Waals surface area contributed by atoms with Crippen LogP contribution in [0.4, 0.5) is 14.5 Å². The van der Waals surface area contributed by atoms with E-state index < -0.39 is 43.9 Å². The molecular weight excluding hydrogens is 326 g/mol. The van der Waals surface area contributed by atoms with Gasteiger partial charge in [-0.1, -0.05) is 6.07 Å². The molecule has 1 aromatic rings. The van der Waals surface area contributed by atoms with Crippen LogP contribution in [0.5, 0.6) is 0 Å². The fourth-order valence-corrected chi connectivity index (χ4v) is 3.11. The molecule has 6 nitrogen and oxygen atoms in total. The fourth-order valence-electron chi connectivity index (χ4n) is 1.58. The molecule has 0 amide bonds. The van der Waals surface area contributed by atoms with Gasteiger partial charge in [-0.2, -0.15) is 0 Å². The Kier molecular flexibility index (Phi) is 5.65. The van der Waals surface area contributed by atoms with E-state index in [0.717, 1.165) is 24.5 Å². The maximum absolute atomic E-state index is 13.7. The average Bonchev–Trinajstić information content (AvgIpc) is 2.35. The van der Waals surface area contributed by atoms with Gasteiger partial charge >= 0.3 is 0 Å². The lowest BCUT2D eigenvalue weighted by molar-refractivity contribution is 0.565. The zero-order valence-electron chi connectivity index (χ0n) is 11.5. The molecule has 0 unspecified atom stereocenters. The molecule has 120 valence electrons. The van der Waals surface area contributed by atoms with Gasteiger partial charge in [0.2, 0.25) is 20.0 Å². The van der Waals surface area contributed by atoms with E-state index in [-0.39, 0.29) is 12.3 Å². The first-order valence-corrected chi connectivity index (χ1v) is 9.47. The van der Waals surface area contributed by atoms with E-state index in [1.807, 2.05) is 0 Å². The van der Waals surface area contributed by atoms with Crippen molar-refractivity contribution in [2.75, 3.05) is 29.4 Å². The second kappa shape index (κ2) is 6.67. The fraction of sp³-hybridized carbons (Fsp3) is 0.455. The lowest BCUT2D eigenvalue weighted by Gasteiger charge is -2.23. The molecule has 0 radical (unpaired) electrons. The number of benzene rings is 1. The molecule has 0 saturated heterocycles. The summed E-state index contributed by atoms with van der Waals surface area (Å²) in [5, 5.41) is 0. The minimum Gasteiger partial charge on any atom is -0.263 e. The molecular formula is C11H16F2N2O4S2. The SMILES string of the molecule is CCS(=O)(=O)NCCN(c1c(F)cccc1F)S(C)(=O)=O. The third-order valence-corrected chi connectivity index (χ3v) is 5.17. The number of halogens is 2. The third kappa shape index (κ3) is 4.90. The first-order chi connectivity index (χ1) is 9.58. The molecule has 0 aromatic heterocycles. The summed E-state index contributed by atoms with van der Waals surface area (Å²) in [6.07, 6.45) is 0.785. The first-order valence-electron chi connectivity index (χ1n) is 5.97. The number of nitrogens with one attached hydrogen (secondary N) is 1. The van der Waals surface area contributed by atoms with Crippen molar-refractivity contribution < 1.29 is 25.6 Å². The number of para-hydroxylation sites is 1. The van der Waals surface area contributed by atoms with Crippen LogP contribution in [0.2, 0.25) is 0 Å². The normalized spacial score (nSPS) is 12.4. The Labute approximate surface area is 122 Å². The Bertz CT molecular complexity index is 685. The van der Waals surface area contributed by atoms with Crippen molar-refractivity contribution in [1.29, 1.82) is 0 Å². The molecule has 0 fully saturated rings. The molecule has 0 aliphatic carbocycles. The van der Waals surface area contributed by atoms with Crippen LogP contribution < -0.4 is 9.03 Å².